The number of nitrogens with one attached hydrogen (secondary N) is 1. The third-order valence-electron chi connectivity index (χ3n) is 2.24. The van der Waals surface area contributed by atoms with E-state index in [1.807, 2.05) is 23.3 Å². The van der Waals surface area contributed by atoms with Crippen LogP contribution in [0.1, 0.15) is 10.4 Å². The zero-order valence-corrected chi connectivity index (χ0v) is 8.80. The van der Waals surface area contributed by atoms with Crippen molar-refractivity contribution in [2.75, 3.05) is 6.61 Å². The van der Waals surface area contributed by atoms with Gasteiger partial charge in [-0.25, -0.2) is 4.57 Å². The second kappa shape index (κ2) is 5.11. The van der Waals surface area contributed by atoms with E-state index in [2.05, 4.69) is 4.98 Å². The number of carbonyl (C=O) groups excluding carboxylic acids is 1. The Balaban J connectivity index is 1.83. The molecule has 0 fully saturated rings. The first-order chi connectivity index (χ1) is 7.88. The molecular weight excluding hydrogens is 204 g/mol. The molecule has 1 aromatic carbocycles. The van der Waals surface area contributed by atoms with Crippen molar-refractivity contribution >= 4 is 6.29 Å². The Kier molecular flexibility index (Phi) is 3.33. The van der Waals surface area contributed by atoms with Crippen LogP contribution in [0.25, 0.3) is 0 Å². The van der Waals surface area contributed by atoms with Crippen molar-refractivity contribution in [1.29, 1.82) is 0 Å². The monoisotopic (exact) mass is 217 g/mol. The summed E-state index contributed by atoms with van der Waals surface area (Å²) in [6, 6.07) is 7.08. The van der Waals surface area contributed by atoms with Crippen LogP contribution in [0.2, 0.25) is 0 Å². The molecule has 0 aliphatic rings. The van der Waals surface area contributed by atoms with E-state index in [0.29, 0.717) is 12.2 Å². The Morgan fingerprint density at radius 3 is 2.75 bits per heavy atom. The first-order valence-electron chi connectivity index (χ1n) is 5.08. The van der Waals surface area contributed by atoms with Gasteiger partial charge >= 0.3 is 0 Å². The minimum Gasteiger partial charge on any atom is -0.489 e. The normalized spacial score (nSPS) is 10.0. The molecule has 16 heavy (non-hydrogen) atoms. The van der Waals surface area contributed by atoms with Crippen LogP contribution in [0.3, 0.4) is 0 Å². The Hall–Kier alpha value is -2.10. The summed E-state index contributed by atoms with van der Waals surface area (Å²) in [5, 5.41) is 0. The summed E-state index contributed by atoms with van der Waals surface area (Å²) in [5.41, 5.74) is 0.660. The maximum absolute atomic E-state index is 10.4. The molecule has 0 unspecified atom stereocenters. The number of aromatic amines is 1. The Bertz CT molecular complexity index is 435. The van der Waals surface area contributed by atoms with Crippen molar-refractivity contribution < 1.29 is 14.1 Å². The molecule has 4 nitrogen and oxygen atoms in total. The number of hydrogen-bond acceptors (Lipinski definition) is 2. The van der Waals surface area contributed by atoms with Gasteiger partial charge < -0.3 is 4.74 Å². The first-order valence-corrected chi connectivity index (χ1v) is 5.08. The number of rotatable bonds is 5. The largest absolute Gasteiger partial charge is 0.489 e. The highest BCUT2D eigenvalue weighted by atomic mass is 16.5. The van der Waals surface area contributed by atoms with Gasteiger partial charge in [-0.3, -0.25) is 9.78 Å². The standard InChI is InChI=1S/C12H12N2O2/c15-9-11-1-3-12(4-2-11)16-8-7-14-6-5-13-10-14/h1-6,9-10H,7-8H2/p+1. The number of H-pyrrole nitrogens is 1. The molecular formula is C12H13N2O2+. The molecule has 0 saturated carbocycles. The smallest absolute Gasteiger partial charge is 0.241 e. The van der Waals surface area contributed by atoms with Crippen LogP contribution < -0.4 is 9.30 Å². The van der Waals surface area contributed by atoms with Crippen molar-refractivity contribution in [3.63, 3.8) is 0 Å². The van der Waals surface area contributed by atoms with E-state index >= 15 is 0 Å². The number of hydrogen-bond donors (Lipinski definition) is 1. The van der Waals surface area contributed by atoms with Crippen LogP contribution in [0, 0.1) is 0 Å². The van der Waals surface area contributed by atoms with Crippen LogP contribution in [-0.4, -0.2) is 17.9 Å². The fourth-order valence-corrected chi connectivity index (χ4v) is 1.37. The molecule has 4 heteroatoms. The SMILES string of the molecule is O=Cc1ccc(OCC[n+]2cc[nH]c2)cc1. The second-order valence-electron chi connectivity index (χ2n) is 3.38. The van der Waals surface area contributed by atoms with E-state index < -0.39 is 0 Å². The van der Waals surface area contributed by atoms with Crippen LogP contribution in [0.15, 0.2) is 43.0 Å². The maximum Gasteiger partial charge on any atom is 0.241 e. The van der Waals surface area contributed by atoms with Crippen LogP contribution in [-0.2, 0) is 6.54 Å². The second-order valence-corrected chi connectivity index (χ2v) is 3.38. The van der Waals surface area contributed by atoms with Gasteiger partial charge in [0, 0.05) is 5.56 Å². The molecule has 0 saturated heterocycles. The molecule has 0 spiro atoms. The van der Waals surface area contributed by atoms with Crippen molar-refractivity contribution in [1.82, 2.24) is 4.98 Å². The van der Waals surface area contributed by atoms with Crippen LogP contribution in [0.5, 0.6) is 5.75 Å². The predicted molar refractivity (Wildman–Crippen MR) is 58.3 cm³/mol. The van der Waals surface area contributed by atoms with Gasteiger partial charge in [-0.05, 0) is 24.3 Å². The lowest BCUT2D eigenvalue weighted by atomic mass is 10.2. The zero-order chi connectivity index (χ0) is 11.2. The van der Waals surface area contributed by atoms with E-state index in [0.717, 1.165) is 18.6 Å². The highest BCUT2D eigenvalue weighted by Gasteiger charge is 1.98. The average molecular weight is 217 g/mol. The lowest BCUT2D eigenvalue weighted by molar-refractivity contribution is -0.696. The van der Waals surface area contributed by atoms with Crippen molar-refractivity contribution in [3.8, 4) is 5.75 Å². The highest BCUT2D eigenvalue weighted by Crippen LogP contribution is 2.10. The van der Waals surface area contributed by atoms with E-state index in [1.165, 1.54) is 0 Å². The quantitative estimate of drug-likeness (QED) is 0.604. The number of aromatic nitrogens is 2. The Labute approximate surface area is 93.5 Å². The molecule has 0 amide bonds. The fourth-order valence-electron chi connectivity index (χ4n) is 1.37. The molecule has 2 rings (SSSR count). The minimum atomic E-state index is 0.600. The molecule has 82 valence electrons. The third kappa shape index (κ3) is 2.70. The van der Waals surface area contributed by atoms with Gasteiger partial charge in [-0.2, -0.15) is 0 Å². The molecule has 0 bridgehead atoms. The maximum atomic E-state index is 10.4. The lowest BCUT2D eigenvalue weighted by Gasteiger charge is -2.04. The summed E-state index contributed by atoms with van der Waals surface area (Å²) in [4.78, 5) is 13.4. The van der Waals surface area contributed by atoms with Gasteiger partial charge in [0.25, 0.3) is 0 Å². The molecule has 0 atom stereocenters. The van der Waals surface area contributed by atoms with E-state index in [4.69, 9.17) is 4.74 Å². The zero-order valence-electron chi connectivity index (χ0n) is 8.80. The van der Waals surface area contributed by atoms with E-state index in [1.54, 1.807) is 24.3 Å². The van der Waals surface area contributed by atoms with Gasteiger partial charge in [0.2, 0.25) is 6.33 Å². The highest BCUT2D eigenvalue weighted by molar-refractivity contribution is 5.74. The summed E-state index contributed by atoms with van der Waals surface area (Å²) in [6.45, 7) is 1.39. The lowest BCUT2D eigenvalue weighted by Crippen LogP contribution is -2.33. The predicted octanol–water partition coefficient (Wildman–Crippen LogP) is 1.19. The number of nitrogens with zero attached hydrogens (tertiary/aromatic N) is 1. The number of benzene rings is 1. The molecule has 0 aliphatic heterocycles. The summed E-state index contributed by atoms with van der Waals surface area (Å²) >= 11 is 0. The summed E-state index contributed by atoms with van der Waals surface area (Å²) < 4.78 is 7.53. The van der Waals surface area contributed by atoms with Crippen LogP contribution in [0.4, 0.5) is 0 Å². The Morgan fingerprint density at radius 2 is 2.12 bits per heavy atom. The molecule has 1 N–H and O–H groups in total. The summed E-state index contributed by atoms with van der Waals surface area (Å²) in [5.74, 6) is 0.779. The van der Waals surface area contributed by atoms with Gasteiger partial charge in [-0.1, -0.05) is 0 Å². The molecule has 1 heterocycles. The Morgan fingerprint density at radius 1 is 1.31 bits per heavy atom. The van der Waals surface area contributed by atoms with Crippen molar-refractivity contribution in [2.24, 2.45) is 0 Å². The molecule has 1 aromatic heterocycles. The third-order valence-corrected chi connectivity index (χ3v) is 2.24. The topological polar surface area (TPSA) is 46.0 Å². The van der Waals surface area contributed by atoms with Gasteiger partial charge in [0.05, 0.1) is 0 Å². The summed E-state index contributed by atoms with van der Waals surface area (Å²) in [7, 11) is 0. The molecule has 0 radical (unpaired) electrons. The number of imidazole rings is 1. The van der Waals surface area contributed by atoms with Crippen LogP contribution >= 0.6 is 0 Å². The van der Waals surface area contributed by atoms with Crippen molar-refractivity contribution in [2.45, 2.75) is 6.54 Å². The molecule has 0 aliphatic carbocycles. The average Bonchev–Trinajstić information content (AvgIpc) is 2.83. The van der Waals surface area contributed by atoms with E-state index in [-0.39, 0.29) is 0 Å². The van der Waals surface area contributed by atoms with Gasteiger partial charge in [-0.15, -0.1) is 0 Å². The van der Waals surface area contributed by atoms with E-state index in [9.17, 15) is 4.79 Å². The molecule has 2 aromatic rings. The first kappa shape index (κ1) is 10.4. The van der Waals surface area contributed by atoms with Gasteiger partial charge in [0.15, 0.2) is 0 Å². The summed E-state index contributed by atoms with van der Waals surface area (Å²) in [6.07, 6.45) is 6.50. The minimum absolute atomic E-state index is 0.600. The van der Waals surface area contributed by atoms with Gasteiger partial charge in [0.1, 0.15) is 37.6 Å². The van der Waals surface area contributed by atoms with Crippen molar-refractivity contribution in [3.05, 3.63) is 48.5 Å². The number of ether oxygens (including phenoxy) is 1. The fraction of sp³-hybridized carbons (Fsp3) is 0.167. The number of aldehydes is 1. The number of carbonyl (C=O) groups is 1.